The zero-order chi connectivity index (χ0) is 17.0. The number of rotatable bonds is 7. The van der Waals surface area contributed by atoms with Gasteiger partial charge in [0, 0.05) is 0 Å². The van der Waals surface area contributed by atoms with Crippen LogP contribution < -0.4 is 0 Å². The molecule has 0 heterocycles. The van der Waals surface area contributed by atoms with Gasteiger partial charge in [-0.15, -0.1) is 0 Å². The molecule has 12 atom stereocenters. The van der Waals surface area contributed by atoms with Gasteiger partial charge in [0.1, 0.15) is 0 Å². The lowest BCUT2D eigenvalue weighted by Gasteiger charge is -2.48. The molecule has 0 spiro atoms. The maximum atomic E-state index is 2.60. The fourth-order valence-electron chi connectivity index (χ4n) is 7.06. The lowest BCUT2D eigenvalue weighted by atomic mass is 9.57. The van der Waals surface area contributed by atoms with E-state index in [0.29, 0.717) is 0 Å². The molecule has 12 unspecified atom stereocenters. The van der Waals surface area contributed by atoms with Gasteiger partial charge in [-0.3, -0.25) is 0 Å². The van der Waals surface area contributed by atoms with Gasteiger partial charge in [-0.1, -0.05) is 61.8 Å². The molecule has 3 aliphatic carbocycles. The van der Waals surface area contributed by atoms with E-state index in [-0.39, 0.29) is 0 Å². The minimum Gasteiger partial charge on any atom is -0.0651 e. The predicted molar refractivity (Wildman–Crippen MR) is 101 cm³/mol. The minimum absolute atomic E-state index is 0.938. The van der Waals surface area contributed by atoms with Crippen LogP contribution in [0.4, 0.5) is 0 Å². The Balaban J connectivity index is 1.57. The van der Waals surface area contributed by atoms with Crippen molar-refractivity contribution >= 4 is 0 Å². The molecule has 0 nitrogen and oxygen atoms in total. The Morgan fingerprint density at radius 2 is 1.13 bits per heavy atom. The van der Waals surface area contributed by atoms with Crippen molar-refractivity contribution in [3.8, 4) is 0 Å². The van der Waals surface area contributed by atoms with E-state index in [0.717, 1.165) is 71.0 Å². The van der Waals surface area contributed by atoms with E-state index in [2.05, 4.69) is 55.4 Å². The molecule has 3 aliphatic rings. The van der Waals surface area contributed by atoms with Gasteiger partial charge in [0.05, 0.1) is 0 Å². The van der Waals surface area contributed by atoms with E-state index >= 15 is 0 Å². The average Bonchev–Trinajstić information content (AvgIpc) is 3.39. The first-order valence-corrected chi connectivity index (χ1v) is 10.8. The molecule has 0 saturated heterocycles. The average molecular weight is 319 g/mol. The first-order valence-electron chi connectivity index (χ1n) is 10.8. The van der Waals surface area contributed by atoms with E-state index in [9.17, 15) is 0 Å². The Labute approximate surface area is 146 Å². The number of hydrogen-bond acceptors (Lipinski definition) is 0. The van der Waals surface area contributed by atoms with Gasteiger partial charge in [0.2, 0.25) is 0 Å². The zero-order valence-corrected chi connectivity index (χ0v) is 17.0. The Bertz CT molecular complexity index is 412. The van der Waals surface area contributed by atoms with E-state index in [1.807, 2.05) is 0 Å². The molecule has 3 saturated carbocycles. The molecular formula is C23H42. The van der Waals surface area contributed by atoms with Crippen molar-refractivity contribution in [2.45, 2.75) is 74.7 Å². The van der Waals surface area contributed by atoms with Gasteiger partial charge in [-0.05, 0) is 83.9 Å². The highest BCUT2D eigenvalue weighted by atomic mass is 14.6. The summed E-state index contributed by atoms with van der Waals surface area (Å²) in [7, 11) is 0. The van der Waals surface area contributed by atoms with E-state index in [4.69, 9.17) is 0 Å². The standard InChI is InChI=1S/C23H42/c1-9-19-12(2)11-21(19)15(5)17(7)23-18(8)22(23)16(6)14(4)20-10-13(20)3/h12-23H,9-11H2,1-8H3. The highest BCUT2D eigenvalue weighted by Gasteiger charge is 2.57. The summed E-state index contributed by atoms with van der Waals surface area (Å²) in [5.74, 6) is 11.9. The molecular weight excluding hydrogens is 276 g/mol. The van der Waals surface area contributed by atoms with Gasteiger partial charge < -0.3 is 0 Å². The van der Waals surface area contributed by atoms with Crippen LogP contribution in [0.25, 0.3) is 0 Å². The van der Waals surface area contributed by atoms with Crippen LogP contribution in [0.2, 0.25) is 0 Å². The normalized spacial score (nSPS) is 50.6. The summed E-state index contributed by atoms with van der Waals surface area (Å²) in [5, 5.41) is 0. The minimum atomic E-state index is 0.938. The molecule has 23 heavy (non-hydrogen) atoms. The molecule has 0 N–H and O–H groups in total. The Hall–Kier alpha value is 0. The maximum absolute atomic E-state index is 2.60. The van der Waals surface area contributed by atoms with Gasteiger partial charge in [0.15, 0.2) is 0 Å². The molecule has 0 aromatic heterocycles. The first-order chi connectivity index (χ1) is 10.8. The zero-order valence-electron chi connectivity index (χ0n) is 17.0. The lowest BCUT2D eigenvalue weighted by molar-refractivity contribution is 0.0107. The van der Waals surface area contributed by atoms with Crippen molar-refractivity contribution in [2.75, 3.05) is 0 Å². The monoisotopic (exact) mass is 318 g/mol. The molecule has 0 amide bonds. The second-order valence-electron chi connectivity index (χ2n) is 10.3. The van der Waals surface area contributed by atoms with Crippen molar-refractivity contribution in [1.29, 1.82) is 0 Å². The highest BCUT2D eigenvalue weighted by molar-refractivity contribution is 5.04. The van der Waals surface area contributed by atoms with Gasteiger partial charge in [-0.2, -0.15) is 0 Å². The second kappa shape index (κ2) is 6.38. The summed E-state index contributed by atoms with van der Waals surface area (Å²) < 4.78 is 0. The Kier molecular flexibility index (Phi) is 4.94. The summed E-state index contributed by atoms with van der Waals surface area (Å²) in [6.07, 6.45) is 4.41. The Morgan fingerprint density at radius 1 is 0.696 bits per heavy atom. The van der Waals surface area contributed by atoms with Crippen LogP contribution in [-0.2, 0) is 0 Å². The van der Waals surface area contributed by atoms with E-state index < -0.39 is 0 Å². The van der Waals surface area contributed by atoms with Crippen LogP contribution in [0.1, 0.15) is 74.7 Å². The van der Waals surface area contributed by atoms with Crippen molar-refractivity contribution in [1.82, 2.24) is 0 Å². The summed E-state index contributed by atoms with van der Waals surface area (Å²) in [6, 6.07) is 0. The lowest BCUT2D eigenvalue weighted by Crippen LogP contribution is -2.41. The topological polar surface area (TPSA) is 0 Å². The van der Waals surface area contributed by atoms with Crippen molar-refractivity contribution < 1.29 is 0 Å². The largest absolute Gasteiger partial charge is 0.0651 e. The second-order valence-corrected chi connectivity index (χ2v) is 10.3. The summed E-state index contributed by atoms with van der Waals surface area (Å²) in [5.41, 5.74) is 0. The van der Waals surface area contributed by atoms with Gasteiger partial charge >= 0.3 is 0 Å². The molecule has 3 rings (SSSR count). The third-order valence-electron chi connectivity index (χ3n) is 9.31. The molecule has 0 radical (unpaired) electrons. The van der Waals surface area contributed by atoms with E-state index in [1.54, 1.807) is 0 Å². The van der Waals surface area contributed by atoms with Crippen molar-refractivity contribution in [2.24, 2.45) is 71.0 Å². The van der Waals surface area contributed by atoms with Crippen LogP contribution in [0.5, 0.6) is 0 Å². The van der Waals surface area contributed by atoms with E-state index in [1.165, 1.54) is 19.3 Å². The van der Waals surface area contributed by atoms with Crippen LogP contribution >= 0.6 is 0 Å². The van der Waals surface area contributed by atoms with Crippen LogP contribution in [0, 0.1) is 71.0 Å². The van der Waals surface area contributed by atoms with Crippen molar-refractivity contribution in [3.63, 3.8) is 0 Å². The quantitative estimate of drug-likeness (QED) is 0.487. The summed E-state index contributed by atoms with van der Waals surface area (Å²) >= 11 is 0. The maximum Gasteiger partial charge on any atom is -0.0323 e. The van der Waals surface area contributed by atoms with Gasteiger partial charge in [0.25, 0.3) is 0 Å². The van der Waals surface area contributed by atoms with Crippen LogP contribution in [0.15, 0.2) is 0 Å². The van der Waals surface area contributed by atoms with Crippen LogP contribution in [0.3, 0.4) is 0 Å². The van der Waals surface area contributed by atoms with Crippen LogP contribution in [-0.4, -0.2) is 0 Å². The Morgan fingerprint density at radius 3 is 1.52 bits per heavy atom. The molecule has 0 aromatic rings. The SMILES string of the molecule is CCC1C(C)CC1C(C)C(C)C1C(C)C1C(C)C(C)C1CC1C. The van der Waals surface area contributed by atoms with Crippen molar-refractivity contribution in [3.05, 3.63) is 0 Å². The molecule has 0 aromatic carbocycles. The molecule has 0 heteroatoms. The molecule has 3 fully saturated rings. The summed E-state index contributed by atoms with van der Waals surface area (Å²) in [6.45, 7) is 20.2. The molecule has 0 bridgehead atoms. The summed E-state index contributed by atoms with van der Waals surface area (Å²) in [4.78, 5) is 0. The fourth-order valence-corrected chi connectivity index (χ4v) is 7.06. The highest BCUT2D eigenvalue weighted by Crippen LogP contribution is 2.62. The third-order valence-corrected chi connectivity index (χ3v) is 9.31. The van der Waals surface area contributed by atoms with Gasteiger partial charge in [-0.25, -0.2) is 0 Å². The first kappa shape index (κ1) is 17.8. The molecule has 0 aliphatic heterocycles. The predicted octanol–water partition coefficient (Wildman–Crippen LogP) is 6.75. The number of hydrogen-bond donors (Lipinski definition) is 0. The smallest absolute Gasteiger partial charge is 0.0323 e. The fraction of sp³-hybridized carbons (Fsp3) is 1.00. The molecule has 134 valence electrons. The third kappa shape index (κ3) is 3.02.